The van der Waals surface area contributed by atoms with Crippen molar-refractivity contribution in [2.24, 2.45) is 5.73 Å². The molecule has 2 amide bonds. The normalized spacial score (nSPS) is 13.3. The zero-order chi connectivity index (χ0) is 16.9. The van der Waals surface area contributed by atoms with Crippen LogP contribution in [0, 0.1) is 0 Å². The number of rotatable bonds is 6. The zero-order valence-corrected chi connectivity index (χ0v) is 14.3. The lowest BCUT2D eigenvalue weighted by Gasteiger charge is -2.06. The van der Waals surface area contributed by atoms with Crippen LogP contribution in [0.15, 0.2) is 24.3 Å². The molecule has 1 aromatic heterocycles. The molecule has 1 aliphatic carbocycles. The second kappa shape index (κ2) is 7.57. The average Bonchev–Trinajstić information content (AvgIpc) is 3.01. The molecule has 0 saturated carbocycles. The Morgan fingerprint density at radius 1 is 1.21 bits per heavy atom. The number of nitrogens with zero attached hydrogens (tertiary/aromatic N) is 1. The van der Waals surface area contributed by atoms with Gasteiger partial charge >= 0.3 is 0 Å². The minimum atomic E-state index is -0.530. The molecule has 1 aromatic carbocycles. The molecule has 2 aromatic rings. The van der Waals surface area contributed by atoms with E-state index in [1.54, 1.807) is 18.2 Å². The van der Waals surface area contributed by atoms with Crippen LogP contribution in [-0.4, -0.2) is 23.3 Å². The second-order valence-corrected chi connectivity index (χ2v) is 7.16. The SMILES string of the molecule is NC(=O)c1cccc(C(=O)NCCCc2nc3c(s2)CCCC3)c1. The summed E-state index contributed by atoms with van der Waals surface area (Å²) in [5.74, 6) is -0.714. The molecule has 126 valence electrons. The molecule has 0 unspecified atom stereocenters. The van der Waals surface area contributed by atoms with Crippen molar-refractivity contribution in [3.63, 3.8) is 0 Å². The van der Waals surface area contributed by atoms with Crippen molar-refractivity contribution in [2.75, 3.05) is 6.54 Å². The van der Waals surface area contributed by atoms with E-state index in [-0.39, 0.29) is 5.91 Å². The Hall–Kier alpha value is -2.21. The molecule has 0 bridgehead atoms. The smallest absolute Gasteiger partial charge is 0.251 e. The maximum atomic E-state index is 12.1. The standard InChI is InChI=1S/C18H21N3O2S/c19-17(22)12-5-3-6-13(11-12)18(23)20-10-4-9-16-21-14-7-1-2-8-15(14)24-16/h3,5-6,11H,1-2,4,7-10H2,(H2,19,22)(H,20,23). The number of thiazole rings is 1. The van der Waals surface area contributed by atoms with Gasteiger partial charge in [-0.1, -0.05) is 6.07 Å². The molecule has 5 nitrogen and oxygen atoms in total. The zero-order valence-electron chi connectivity index (χ0n) is 13.5. The van der Waals surface area contributed by atoms with Gasteiger partial charge in [-0.2, -0.15) is 0 Å². The Kier molecular flexibility index (Phi) is 5.25. The predicted molar refractivity (Wildman–Crippen MR) is 94.4 cm³/mol. The van der Waals surface area contributed by atoms with Gasteiger partial charge in [0.2, 0.25) is 5.91 Å². The molecule has 24 heavy (non-hydrogen) atoms. The lowest BCUT2D eigenvalue weighted by molar-refractivity contribution is 0.0953. The van der Waals surface area contributed by atoms with E-state index in [0.717, 1.165) is 19.3 Å². The second-order valence-electron chi connectivity index (χ2n) is 5.99. The van der Waals surface area contributed by atoms with Gasteiger partial charge in [-0.3, -0.25) is 9.59 Å². The number of amides is 2. The van der Waals surface area contributed by atoms with Gasteiger partial charge in [0.15, 0.2) is 0 Å². The summed E-state index contributed by atoms with van der Waals surface area (Å²) in [5.41, 5.74) is 7.32. The van der Waals surface area contributed by atoms with E-state index in [1.165, 1.54) is 40.9 Å². The minimum absolute atomic E-state index is 0.184. The first kappa shape index (κ1) is 16.6. The fourth-order valence-corrected chi connectivity index (χ4v) is 4.07. The van der Waals surface area contributed by atoms with E-state index < -0.39 is 5.91 Å². The van der Waals surface area contributed by atoms with Crippen LogP contribution < -0.4 is 11.1 Å². The fourth-order valence-electron chi connectivity index (χ4n) is 2.87. The number of nitrogens with one attached hydrogen (secondary N) is 1. The van der Waals surface area contributed by atoms with E-state index in [1.807, 2.05) is 11.3 Å². The van der Waals surface area contributed by atoms with Crippen molar-refractivity contribution < 1.29 is 9.59 Å². The summed E-state index contributed by atoms with van der Waals surface area (Å²) in [7, 11) is 0. The maximum Gasteiger partial charge on any atom is 0.251 e. The monoisotopic (exact) mass is 343 g/mol. The molecule has 3 rings (SSSR count). The Bertz CT molecular complexity index is 731. The van der Waals surface area contributed by atoms with Gasteiger partial charge in [-0.15, -0.1) is 11.3 Å². The third-order valence-electron chi connectivity index (χ3n) is 4.15. The summed E-state index contributed by atoms with van der Waals surface area (Å²) in [6.45, 7) is 0.587. The molecule has 0 aliphatic heterocycles. The van der Waals surface area contributed by atoms with Crippen molar-refractivity contribution in [1.29, 1.82) is 0 Å². The van der Waals surface area contributed by atoms with Crippen molar-refractivity contribution in [1.82, 2.24) is 10.3 Å². The van der Waals surface area contributed by atoms with Gasteiger partial charge in [0.25, 0.3) is 5.91 Å². The summed E-state index contributed by atoms with van der Waals surface area (Å²) >= 11 is 1.82. The van der Waals surface area contributed by atoms with E-state index in [4.69, 9.17) is 10.7 Å². The first-order valence-electron chi connectivity index (χ1n) is 8.29. The summed E-state index contributed by atoms with van der Waals surface area (Å²) in [5, 5.41) is 4.06. The number of nitrogens with two attached hydrogens (primary N) is 1. The minimum Gasteiger partial charge on any atom is -0.366 e. The summed E-state index contributed by atoms with van der Waals surface area (Å²) in [6.07, 6.45) is 6.54. The molecule has 3 N–H and O–H groups in total. The number of hydrogen-bond acceptors (Lipinski definition) is 4. The number of benzene rings is 1. The summed E-state index contributed by atoms with van der Waals surface area (Å²) in [6, 6.07) is 6.46. The fraction of sp³-hybridized carbons (Fsp3) is 0.389. The lowest BCUT2D eigenvalue weighted by atomic mass is 10.0. The van der Waals surface area contributed by atoms with Gasteiger partial charge < -0.3 is 11.1 Å². The number of hydrogen-bond donors (Lipinski definition) is 2. The molecular formula is C18H21N3O2S. The van der Waals surface area contributed by atoms with Gasteiger partial charge in [0.1, 0.15) is 0 Å². The van der Waals surface area contributed by atoms with Crippen molar-refractivity contribution >= 4 is 23.2 Å². The molecule has 1 aliphatic rings. The first-order chi connectivity index (χ1) is 11.6. The van der Waals surface area contributed by atoms with E-state index in [0.29, 0.717) is 17.7 Å². The van der Waals surface area contributed by atoms with Gasteiger partial charge in [0.05, 0.1) is 10.7 Å². The molecule has 6 heteroatoms. The highest BCUT2D eigenvalue weighted by Gasteiger charge is 2.15. The quantitative estimate of drug-likeness (QED) is 0.790. The Morgan fingerprint density at radius 3 is 2.79 bits per heavy atom. The van der Waals surface area contributed by atoms with Crippen molar-refractivity contribution in [3.8, 4) is 0 Å². The number of aryl methyl sites for hydroxylation is 3. The van der Waals surface area contributed by atoms with Crippen LogP contribution in [0.25, 0.3) is 0 Å². The number of carbonyl (C=O) groups excluding carboxylic acids is 2. The van der Waals surface area contributed by atoms with Crippen molar-refractivity contribution in [3.05, 3.63) is 51.0 Å². The third kappa shape index (κ3) is 4.00. The van der Waals surface area contributed by atoms with Crippen LogP contribution >= 0.6 is 11.3 Å². The molecule has 0 atom stereocenters. The van der Waals surface area contributed by atoms with Gasteiger partial charge in [-0.25, -0.2) is 4.98 Å². The van der Waals surface area contributed by atoms with Crippen LogP contribution in [0.3, 0.4) is 0 Å². The van der Waals surface area contributed by atoms with E-state index in [9.17, 15) is 9.59 Å². The number of primary amides is 1. The molecule has 1 heterocycles. The van der Waals surface area contributed by atoms with E-state index in [2.05, 4.69) is 5.32 Å². The molecule has 0 fully saturated rings. The highest BCUT2D eigenvalue weighted by Crippen LogP contribution is 2.27. The molecular weight excluding hydrogens is 322 g/mol. The largest absolute Gasteiger partial charge is 0.366 e. The Morgan fingerprint density at radius 2 is 2.00 bits per heavy atom. The van der Waals surface area contributed by atoms with Gasteiger partial charge in [-0.05, 0) is 50.3 Å². The van der Waals surface area contributed by atoms with Crippen LogP contribution in [-0.2, 0) is 19.3 Å². The first-order valence-corrected chi connectivity index (χ1v) is 9.10. The lowest BCUT2D eigenvalue weighted by Crippen LogP contribution is -2.25. The molecule has 0 spiro atoms. The third-order valence-corrected chi connectivity index (χ3v) is 5.37. The highest BCUT2D eigenvalue weighted by molar-refractivity contribution is 7.11. The predicted octanol–water partition coefficient (Wildman–Crippen LogP) is 2.48. The highest BCUT2D eigenvalue weighted by atomic mass is 32.1. The Balaban J connectivity index is 1.47. The number of fused-ring (bicyclic) bond motifs is 1. The average molecular weight is 343 g/mol. The maximum absolute atomic E-state index is 12.1. The van der Waals surface area contributed by atoms with Crippen LogP contribution in [0.2, 0.25) is 0 Å². The van der Waals surface area contributed by atoms with E-state index >= 15 is 0 Å². The molecule has 0 radical (unpaired) electrons. The van der Waals surface area contributed by atoms with Crippen LogP contribution in [0.4, 0.5) is 0 Å². The topological polar surface area (TPSA) is 85.1 Å². The van der Waals surface area contributed by atoms with Crippen molar-refractivity contribution in [2.45, 2.75) is 38.5 Å². The Labute approximate surface area is 145 Å². The van der Waals surface area contributed by atoms with Crippen LogP contribution in [0.1, 0.15) is 55.6 Å². The molecule has 0 saturated heterocycles. The van der Waals surface area contributed by atoms with Gasteiger partial charge in [0, 0.05) is 29.0 Å². The number of aromatic nitrogens is 1. The summed E-state index contributed by atoms with van der Waals surface area (Å²) in [4.78, 5) is 29.4. The van der Waals surface area contributed by atoms with Crippen LogP contribution in [0.5, 0.6) is 0 Å². The number of carbonyl (C=O) groups is 2. The summed E-state index contributed by atoms with van der Waals surface area (Å²) < 4.78 is 0.